The second kappa shape index (κ2) is 6.87. The first-order valence-corrected chi connectivity index (χ1v) is 9.78. The van der Waals surface area contributed by atoms with Gasteiger partial charge in [0.25, 0.3) is 5.91 Å². The maximum absolute atomic E-state index is 14.3. The van der Waals surface area contributed by atoms with Crippen molar-refractivity contribution < 1.29 is 18.3 Å². The normalized spacial score (nSPS) is 22.5. The lowest BCUT2D eigenvalue weighted by Crippen LogP contribution is -2.48. The van der Waals surface area contributed by atoms with Crippen molar-refractivity contribution in [1.29, 1.82) is 0 Å². The number of carbonyl (C=O) groups is 1. The van der Waals surface area contributed by atoms with Crippen LogP contribution >= 0.6 is 0 Å². The predicted octanol–water partition coefficient (Wildman–Crippen LogP) is 4.03. The largest absolute Gasteiger partial charge is 0.491 e. The number of hydrogen-bond acceptors (Lipinski definition) is 3. The molecule has 1 aromatic heterocycles. The molecule has 150 valence electrons. The van der Waals surface area contributed by atoms with Gasteiger partial charge in [-0.15, -0.1) is 0 Å². The molecule has 0 N–H and O–H groups in total. The van der Waals surface area contributed by atoms with Crippen LogP contribution in [0.3, 0.4) is 0 Å². The number of nitrogens with zero attached hydrogens (tertiary/aromatic N) is 2. The summed E-state index contributed by atoms with van der Waals surface area (Å²) in [5, 5.41) is -0.0224. The first kappa shape index (κ1) is 18.9. The number of fused-ring (bicyclic) bond motifs is 1. The number of piperidine rings is 1. The molecule has 4 rings (SSSR count). The van der Waals surface area contributed by atoms with Crippen LogP contribution in [0.4, 0.5) is 8.78 Å². The molecule has 1 amide bonds. The van der Waals surface area contributed by atoms with Crippen LogP contribution in [0.5, 0.6) is 5.75 Å². The predicted molar refractivity (Wildman–Crippen MR) is 102 cm³/mol. The van der Waals surface area contributed by atoms with Gasteiger partial charge in [0, 0.05) is 24.3 Å². The lowest BCUT2D eigenvalue weighted by atomic mass is 9.96. The van der Waals surface area contributed by atoms with E-state index in [0.29, 0.717) is 0 Å². The van der Waals surface area contributed by atoms with Crippen LogP contribution in [-0.2, 0) is 0 Å². The molecule has 1 saturated heterocycles. The summed E-state index contributed by atoms with van der Waals surface area (Å²) in [6.07, 6.45) is 6.02. The van der Waals surface area contributed by atoms with Gasteiger partial charge in [-0.25, -0.2) is 4.39 Å². The number of hydrogen-bond donors (Lipinski definition) is 0. The minimum atomic E-state index is -1.16. The zero-order valence-corrected chi connectivity index (χ0v) is 16.3. The number of pyridine rings is 1. The molecule has 1 aliphatic carbocycles. The fraction of sp³-hybridized carbons (Fsp3) is 0.524. The fourth-order valence-electron chi connectivity index (χ4n) is 4.37. The van der Waals surface area contributed by atoms with Gasteiger partial charge in [-0.3, -0.25) is 9.59 Å². The van der Waals surface area contributed by atoms with E-state index >= 15 is 0 Å². The first-order valence-electron chi connectivity index (χ1n) is 9.78. The van der Waals surface area contributed by atoms with Gasteiger partial charge < -0.3 is 14.2 Å². The summed E-state index contributed by atoms with van der Waals surface area (Å²) in [6.45, 7) is 3.96. The fourth-order valence-corrected chi connectivity index (χ4v) is 4.37. The van der Waals surface area contributed by atoms with Crippen LogP contribution in [0.1, 0.15) is 62.4 Å². The first-order chi connectivity index (χ1) is 13.3. The molecular weight excluding hydrogens is 366 g/mol. The number of halogens is 2. The second-order valence-corrected chi connectivity index (χ2v) is 7.95. The number of amides is 1. The van der Waals surface area contributed by atoms with Crippen molar-refractivity contribution in [2.45, 2.75) is 64.1 Å². The zero-order chi connectivity index (χ0) is 20.2. The molecular formula is C21H24F2N2O3. The number of likely N-dealkylation sites (tertiary alicyclic amines) is 1. The van der Waals surface area contributed by atoms with Crippen LogP contribution in [0.2, 0.25) is 0 Å². The van der Waals surface area contributed by atoms with Crippen molar-refractivity contribution >= 4 is 16.8 Å². The summed E-state index contributed by atoms with van der Waals surface area (Å²) >= 11 is 0. The highest BCUT2D eigenvalue weighted by Gasteiger charge is 2.34. The van der Waals surface area contributed by atoms with Gasteiger partial charge in [0.05, 0.1) is 18.0 Å². The maximum atomic E-state index is 14.3. The summed E-state index contributed by atoms with van der Waals surface area (Å²) < 4.78 is 35.2. The summed E-state index contributed by atoms with van der Waals surface area (Å²) in [7, 11) is 1.25. The monoisotopic (exact) mass is 390 g/mol. The summed E-state index contributed by atoms with van der Waals surface area (Å²) in [4.78, 5) is 28.2. The van der Waals surface area contributed by atoms with Crippen LogP contribution < -0.4 is 10.2 Å². The van der Waals surface area contributed by atoms with Gasteiger partial charge in [-0.1, -0.05) is 0 Å². The molecule has 28 heavy (non-hydrogen) atoms. The molecule has 2 aromatic rings. The minimum Gasteiger partial charge on any atom is -0.491 e. The number of rotatable bonds is 3. The molecule has 1 aromatic carbocycles. The van der Waals surface area contributed by atoms with Gasteiger partial charge in [-0.05, 0) is 52.0 Å². The molecule has 2 fully saturated rings. The maximum Gasteiger partial charge on any atom is 0.259 e. The van der Waals surface area contributed by atoms with E-state index in [9.17, 15) is 18.4 Å². The molecule has 0 bridgehead atoms. The van der Waals surface area contributed by atoms with E-state index in [-0.39, 0.29) is 46.2 Å². The van der Waals surface area contributed by atoms with Crippen molar-refractivity contribution in [3.63, 3.8) is 0 Å². The van der Waals surface area contributed by atoms with Crippen LogP contribution in [-0.4, -0.2) is 34.6 Å². The van der Waals surface area contributed by atoms with Gasteiger partial charge in [0.1, 0.15) is 5.56 Å². The average Bonchev–Trinajstić information content (AvgIpc) is 3.48. The highest BCUT2D eigenvalue weighted by atomic mass is 19.2. The number of ether oxygens (including phenoxy) is 1. The third-order valence-electron chi connectivity index (χ3n) is 5.97. The van der Waals surface area contributed by atoms with E-state index in [1.807, 2.05) is 13.8 Å². The van der Waals surface area contributed by atoms with Crippen molar-refractivity contribution in [3.8, 4) is 5.75 Å². The Labute approximate surface area is 161 Å². The quantitative estimate of drug-likeness (QED) is 0.795. The number of methoxy groups -OCH3 is 1. The lowest BCUT2D eigenvalue weighted by molar-refractivity contribution is 0.0509. The third-order valence-corrected chi connectivity index (χ3v) is 5.97. The van der Waals surface area contributed by atoms with Crippen LogP contribution in [0.15, 0.2) is 17.1 Å². The Balaban J connectivity index is 1.96. The van der Waals surface area contributed by atoms with Crippen molar-refractivity contribution in [1.82, 2.24) is 9.47 Å². The molecule has 1 aliphatic heterocycles. The third kappa shape index (κ3) is 2.88. The Morgan fingerprint density at radius 3 is 2.36 bits per heavy atom. The van der Waals surface area contributed by atoms with Crippen LogP contribution in [0, 0.1) is 11.6 Å². The number of benzene rings is 1. The highest BCUT2D eigenvalue weighted by Crippen LogP contribution is 2.40. The molecule has 0 spiro atoms. The Morgan fingerprint density at radius 1 is 1.14 bits per heavy atom. The Bertz CT molecular complexity index is 1000. The molecule has 7 heteroatoms. The molecule has 2 heterocycles. The molecule has 2 atom stereocenters. The van der Waals surface area contributed by atoms with Gasteiger partial charge in [-0.2, -0.15) is 4.39 Å². The SMILES string of the molecule is COc1c(F)c(F)cc2c(=O)c(C(=O)N3C(C)CCCC3C)cn(C3CC3)c12. The van der Waals surface area contributed by atoms with Crippen molar-refractivity contribution in [2.75, 3.05) is 7.11 Å². The summed E-state index contributed by atoms with van der Waals surface area (Å²) in [6, 6.07) is 0.985. The molecule has 2 aliphatic rings. The average molecular weight is 390 g/mol. The van der Waals surface area contributed by atoms with E-state index in [1.165, 1.54) is 13.3 Å². The number of aromatic nitrogens is 1. The molecule has 1 saturated carbocycles. The Hall–Kier alpha value is -2.44. The van der Waals surface area contributed by atoms with Crippen molar-refractivity contribution in [3.05, 3.63) is 39.7 Å². The zero-order valence-electron chi connectivity index (χ0n) is 16.3. The van der Waals surface area contributed by atoms with Crippen molar-refractivity contribution in [2.24, 2.45) is 0 Å². The van der Waals surface area contributed by atoms with E-state index in [4.69, 9.17) is 4.74 Å². The van der Waals surface area contributed by atoms with E-state index in [1.54, 1.807) is 9.47 Å². The molecule has 2 unspecified atom stereocenters. The second-order valence-electron chi connectivity index (χ2n) is 7.95. The Morgan fingerprint density at radius 2 is 1.79 bits per heavy atom. The summed E-state index contributed by atoms with van der Waals surface area (Å²) in [5.74, 6) is -2.92. The smallest absolute Gasteiger partial charge is 0.259 e. The van der Waals surface area contributed by atoms with E-state index in [2.05, 4.69) is 0 Å². The highest BCUT2D eigenvalue weighted by molar-refractivity contribution is 5.98. The van der Waals surface area contributed by atoms with Gasteiger partial charge in [0.2, 0.25) is 11.2 Å². The van der Waals surface area contributed by atoms with E-state index in [0.717, 1.165) is 38.2 Å². The summed E-state index contributed by atoms with van der Waals surface area (Å²) in [5.41, 5.74) is -0.364. The standard InChI is InChI=1S/C21H24F2N2O3/c1-11-5-4-6-12(2)25(11)21(27)15-10-24(13-7-8-13)18-14(19(15)26)9-16(22)17(23)20(18)28-3/h9-13H,4-8H2,1-3H3. The topological polar surface area (TPSA) is 51.5 Å². The van der Waals surface area contributed by atoms with Gasteiger partial charge in [0.15, 0.2) is 11.6 Å². The van der Waals surface area contributed by atoms with Crippen LogP contribution in [0.25, 0.3) is 10.9 Å². The molecule has 0 radical (unpaired) electrons. The van der Waals surface area contributed by atoms with E-state index < -0.39 is 17.1 Å². The minimum absolute atomic E-state index is 0.00746. The number of carbonyl (C=O) groups excluding carboxylic acids is 1. The lowest BCUT2D eigenvalue weighted by Gasteiger charge is -2.39. The Kier molecular flexibility index (Phi) is 4.63. The molecule has 5 nitrogen and oxygen atoms in total. The van der Waals surface area contributed by atoms with Gasteiger partial charge >= 0.3 is 0 Å².